The Morgan fingerprint density at radius 2 is 1.73 bits per heavy atom. The Labute approximate surface area is 153 Å². The predicted molar refractivity (Wildman–Crippen MR) is 101 cm³/mol. The number of rotatable bonds is 3. The molecule has 4 rings (SSSR count). The van der Waals surface area contributed by atoms with E-state index in [1.165, 1.54) is 11.8 Å². The zero-order valence-electron chi connectivity index (χ0n) is 15.1. The van der Waals surface area contributed by atoms with Crippen molar-refractivity contribution in [3.05, 3.63) is 78.1 Å². The Balaban J connectivity index is 1.62. The molecule has 1 aromatic heterocycles. The fourth-order valence-electron chi connectivity index (χ4n) is 3.89. The average molecular weight is 346 g/mol. The topological polar surface area (TPSA) is 46.3 Å². The van der Waals surface area contributed by atoms with E-state index in [1.54, 1.807) is 0 Å². The van der Waals surface area contributed by atoms with E-state index in [2.05, 4.69) is 43.3 Å². The van der Waals surface area contributed by atoms with Crippen molar-refractivity contribution in [3.8, 4) is 11.3 Å². The molecule has 0 saturated carbocycles. The summed E-state index contributed by atoms with van der Waals surface area (Å²) in [6.07, 6.45) is 1.47. The van der Waals surface area contributed by atoms with Crippen LogP contribution in [0, 0.1) is 5.41 Å². The van der Waals surface area contributed by atoms with E-state index in [9.17, 15) is 4.79 Å². The van der Waals surface area contributed by atoms with E-state index >= 15 is 0 Å². The van der Waals surface area contributed by atoms with Crippen molar-refractivity contribution >= 4 is 5.91 Å². The van der Waals surface area contributed by atoms with Crippen LogP contribution in [0.15, 0.2) is 71.4 Å². The van der Waals surface area contributed by atoms with Crippen LogP contribution in [0.4, 0.5) is 0 Å². The van der Waals surface area contributed by atoms with E-state index in [1.807, 2.05) is 41.3 Å². The molecule has 1 aliphatic rings. The lowest BCUT2D eigenvalue weighted by Gasteiger charge is -2.25. The molecule has 1 atom stereocenters. The zero-order valence-corrected chi connectivity index (χ0v) is 15.1. The minimum Gasteiger partial charge on any atom is -0.363 e. The van der Waals surface area contributed by atoms with Crippen LogP contribution in [-0.4, -0.2) is 29.1 Å². The van der Waals surface area contributed by atoms with Gasteiger partial charge in [-0.05, 0) is 11.0 Å². The first-order chi connectivity index (χ1) is 12.6. The maximum Gasteiger partial charge on any atom is 0.259 e. The van der Waals surface area contributed by atoms with Crippen molar-refractivity contribution in [1.82, 2.24) is 10.1 Å². The first kappa shape index (κ1) is 16.6. The fourth-order valence-corrected chi connectivity index (χ4v) is 3.89. The Morgan fingerprint density at radius 1 is 1.08 bits per heavy atom. The highest BCUT2D eigenvalue weighted by Gasteiger charge is 2.42. The highest BCUT2D eigenvalue weighted by atomic mass is 16.5. The first-order valence-corrected chi connectivity index (χ1v) is 8.90. The molecule has 1 amide bonds. The third-order valence-corrected chi connectivity index (χ3v) is 5.28. The Morgan fingerprint density at radius 3 is 2.42 bits per heavy atom. The molecular weight excluding hydrogens is 324 g/mol. The van der Waals surface area contributed by atoms with Gasteiger partial charge in [0.2, 0.25) is 0 Å². The largest absolute Gasteiger partial charge is 0.363 e. The van der Waals surface area contributed by atoms with Gasteiger partial charge in [0.05, 0.1) is 0 Å². The molecule has 0 unspecified atom stereocenters. The summed E-state index contributed by atoms with van der Waals surface area (Å²) >= 11 is 0. The van der Waals surface area contributed by atoms with E-state index in [4.69, 9.17) is 4.52 Å². The van der Waals surface area contributed by atoms with Crippen LogP contribution < -0.4 is 0 Å². The van der Waals surface area contributed by atoms with Crippen LogP contribution in [0.1, 0.15) is 35.7 Å². The number of hydrogen-bond donors (Lipinski definition) is 0. The predicted octanol–water partition coefficient (Wildman–Crippen LogP) is 4.61. The van der Waals surface area contributed by atoms with Crippen molar-refractivity contribution < 1.29 is 9.32 Å². The molecule has 0 radical (unpaired) electrons. The number of hydrogen-bond acceptors (Lipinski definition) is 3. The maximum absolute atomic E-state index is 13.2. The summed E-state index contributed by atoms with van der Waals surface area (Å²) in [4.78, 5) is 15.1. The number of carbonyl (C=O) groups is 1. The summed E-state index contributed by atoms with van der Waals surface area (Å²) in [7, 11) is 0. The van der Waals surface area contributed by atoms with Gasteiger partial charge in [-0.3, -0.25) is 4.79 Å². The number of amides is 1. The van der Waals surface area contributed by atoms with Crippen molar-refractivity contribution in [2.75, 3.05) is 13.1 Å². The molecule has 0 bridgehead atoms. The lowest BCUT2D eigenvalue weighted by molar-refractivity contribution is 0.0778. The normalized spacial score (nSPS) is 18.8. The number of aromatic nitrogens is 1. The minimum atomic E-state index is -0.0170. The fraction of sp³-hybridized carbons (Fsp3) is 0.273. The second kappa shape index (κ2) is 6.45. The molecule has 0 aliphatic carbocycles. The van der Waals surface area contributed by atoms with Crippen molar-refractivity contribution in [2.24, 2.45) is 5.41 Å². The second-order valence-corrected chi connectivity index (χ2v) is 7.58. The minimum absolute atomic E-state index is 0.0150. The molecule has 3 aromatic rings. The van der Waals surface area contributed by atoms with Crippen LogP contribution in [0.25, 0.3) is 11.3 Å². The van der Waals surface area contributed by atoms with Crippen LogP contribution in [0.3, 0.4) is 0 Å². The Hall–Kier alpha value is -2.88. The number of nitrogens with zero attached hydrogens (tertiary/aromatic N) is 2. The summed E-state index contributed by atoms with van der Waals surface area (Å²) in [5.74, 6) is 0.296. The maximum atomic E-state index is 13.2. The lowest BCUT2D eigenvalue weighted by Crippen LogP contribution is -2.30. The molecule has 1 saturated heterocycles. The zero-order chi connectivity index (χ0) is 18.1. The van der Waals surface area contributed by atoms with Crippen LogP contribution in [0.5, 0.6) is 0 Å². The van der Waals surface area contributed by atoms with Gasteiger partial charge in [0.1, 0.15) is 17.5 Å². The summed E-state index contributed by atoms with van der Waals surface area (Å²) < 4.78 is 5.15. The van der Waals surface area contributed by atoms with Gasteiger partial charge in [-0.1, -0.05) is 79.7 Å². The van der Waals surface area contributed by atoms with Crippen molar-refractivity contribution in [2.45, 2.75) is 19.8 Å². The van der Waals surface area contributed by atoms with Gasteiger partial charge in [0.25, 0.3) is 5.91 Å². The molecule has 26 heavy (non-hydrogen) atoms. The molecule has 0 N–H and O–H groups in total. The van der Waals surface area contributed by atoms with E-state index in [-0.39, 0.29) is 11.3 Å². The van der Waals surface area contributed by atoms with Gasteiger partial charge in [0, 0.05) is 24.6 Å². The summed E-state index contributed by atoms with van der Waals surface area (Å²) in [6, 6.07) is 20.1. The third-order valence-electron chi connectivity index (χ3n) is 5.28. The van der Waals surface area contributed by atoms with Gasteiger partial charge < -0.3 is 9.42 Å². The molecule has 4 heteroatoms. The summed E-state index contributed by atoms with van der Waals surface area (Å²) in [6.45, 7) is 5.87. The lowest BCUT2D eigenvalue weighted by atomic mass is 9.78. The number of benzene rings is 2. The van der Waals surface area contributed by atoms with Crippen LogP contribution in [-0.2, 0) is 0 Å². The molecule has 0 spiro atoms. The van der Waals surface area contributed by atoms with Gasteiger partial charge in [-0.25, -0.2) is 0 Å². The molecule has 2 heterocycles. The van der Waals surface area contributed by atoms with Gasteiger partial charge in [-0.15, -0.1) is 0 Å². The Bertz CT molecular complexity index is 900. The third kappa shape index (κ3) is 2.92. The SMILES string of the molecule is CC1(C)CN(C(=O)c2conc2-c2ccccc2)C[C@@H]1c1ccccc1. The van der Waals surface area contributed by atoms with Crippen LogP contribution >= 0.6 is 0 Å². The van der Waals surface area contributed by atoms with Gasteiger partial charge in [0.15, 0.2) is 0 Å². The molecule has 132 valence electrons. The molecule has 1 aliphatic heterocycles. The molecule has 4 nitrogen and oxygen atoms in total. The molecular formula is C22H22N2O2. The average Bonchev–Trinajstić information content (AvgIpc) is 3.27. The smallest absolute Gasteiger partial charge is 0.259 e. The highest BCUT2D eigenvalue weighted by molar-refractivity contribution is 5.99. The highest BCUT2D eigenvalue weighted by Crippen LogP contribution is 2.43. The van der Waals surface area contributed by atoms with E-state index in [0.717, 1.165) is 5.56 Å². The summed E-state index contributed by atoms with van der Waals surface area (Å²) in [5, 5.41) is 4.07. The standard InChI is InChI=1S/C22H22N2O2/c1-22(2)15-24(13-19(22)16-9-5-3-6-10-16)21(25)18-14-26-23-20(18)17-11-7-4-8-12-17/h3-12,14,19H,13,15H2,1-2H3/t19-/m1/s1. The van der Waals surface area contributed by atoms with Crippen LogP contribution in [0.2, 0.25) is 0 Å². The molecule has 1 fully saturated rings. The molecule has 2 aromatic carbocycles. The first-order valence-electron chi connectivity index (χ1n) is 8.90. The van der Waals surface area contributed by atoms with E-state index in [0.29, 0.717) is 30.3 Å². The number of carbonyl (C=O) groups excluding carboxylic acids is 1. The van der Waals surface area contributed by atoms with Crippen molar-refractivity contribution in [1.29, 1.82) is 0 Å². The van der Waals surface area contributed by atoms with Crippen molar-refractivity contribution in [3.63, 3.8) is 0 Å². The number of likely N-dealkylation sites (tertiary alicyclic amines) is 1. The second-order valence-electron chi connectivity index (χ2n) is 7.58. The van der Waals surface area contributed by atoms with Gasteiger partial charge >= 0.3 is 0 Å². The van der Waals surface area contributed by atoms with E-state index < -0.39 is 0 Å². The monoisotopic (exact) mass is 346 g/mol. The Kier molecular flexibility index (Phi) is 4.11. The summed E-state index contributed by atoms with van der Waals surface area (Å²) in [5.41, 5.74) is 3.32. The quantitative estimate of drug-likeness (QED) is 0.696. The van der Waals surface area contributed by atoms with Gasteiger partial charge in [-0.2, -0.15) is 0 Å².